The lowest BCUT2D eigenvalue weighted by Crippen LogP contribution is -2.35. The summed E-state index contributed by atoms with van der Waals surface area (Å²) in [4.78, 5) is 11.2. The molecule has 5 nitrogen and oxygen atoms in total. The molecule has 2 atom stereocenters. The first-order valence-electron chi connectivity index (χ1n) is 9.26. The number of nitrogens with two attached hydrogens (primary N) is 1. The second-order valence-corrected chi connectivity index (χ2v) is 9.81. The van der Waals surface area contributed by atoms with Crippen molar-refractivity contribution < 1.29 is 0 Å². The van der Waals surface area contributed by atoms with Crippen LogP contribution in [-0.4, -0.2) is 22.6 Å². The van der Waals surface area contributed by atoms with Crippen LogP contribution in [0.1, 0.15) is 40.0 Å². The fraction of sp³-hybridized carbons (Fsp3) is 0.500. The van der Waals surface area contributed by atoms with Gasteiger partial charge in [0, 0.05) is 12.6 Å². The Bertz CT molecular complexity index is 885. The van der Waals surface area contributed by atoms with E-state index in [9.17, 15) is 0 Å². The van der Waals surface area contributed by atoms with E-state index in [1.165, 1.54) is 12.8 Å². The van der Waals surface area contributed by atoms with Crippen LogP contribution in [0.4, 0.5) is 23.0 Å². The van der Waals surface area contributed by atoms with Gasteiger partial charge in [-0.25, -0.2) is 9.97 Å². The highest BCUT2D eigenvalue weighted by Crippen LogP contribution is 2.54. The van der Waals surface area contributed by atoms with Gasteiger partial charge in [-0.05, 0) is 42.2 Å². The SMILES string of the molecule is CC1(C)CC2CC(C)(CN2c2ncnc(Nc3cccc(Cl)c3Cl)c2N)C1. The van der Waals surface area contributed by atoms with Gasteiger partial charge in [0.2, 0.25) is 0 Å². The first-order valence-corrected chi connectivity index (χ1v) is 10.0. The van der Waals surface area contributed by atoms with E-state index in [-0.39, 0.29) is 0 Å². The van der Waals surface area contributed by atoms with Gasteiger partial charge < -0.3 is 16.0 Å². The maximum atomic E-state index is 6.49. The summed E-state index contributed by atoms with van der Waals surface area (Å²) in [5.74, 6) is 1.35. The fourth-order valence-corrected chi connectivity index (χ4v) is 5.50. The van der Waals surface area contributed by atoms with E-state index in [1.54, 1.807) is 12.4 Å². The van der Waals surface area contributed by atoms with Crippen molar-refractivity contribution in [1.29, 1.82) is 0 Å². The highest BCUT2D eigenvalue weighted by atomic mass is 35.5. The third-order valence-electron chi connectivity index (χ3n) is 5.75. The molecule has 1 saturated heterocycles. The topological polar surface area (TPSA) is 67.1 Å². The maximum absolute atomic E-state index is 6.49. The molecule has 3 N–H and O–H groups in total. The van der Waals surface area contributed by atoms with E-state index in [4.69, 9.17) is 28.9 Å². The fourth-order valence-electron chi connectivity index (χ4n) is 5.15. The van der Waals surface area contributed by atoms with Gasteiger partial charge in [0.05, 0.1) is 15.7 Å². The summed E-state index contributed by atoms with van der Waals surface area (Å²) >= 11 is 12.4. The smallest absolute Gasteiger partial charge is 0.159 e. The quantitative estimate of drug-likeness (QED) is 0.703. The maximum Gasteiger partial charge on any atom is 0.159 e. The number of rotatable bonds is 3. The van der Waals surface area contributed by atoms with Gasteiger partial charge in [-0.15, -0.1) is 0 Å². The van der Waals surface area contributed by atoms with E-state index in [1.807, 2.05) is 12.1 Å². The zero-order valence-corrected chi connectivity index (χ0v) is 17.4. The molecule has 1 aliphatic carbocycles. The largest absolute Gasteiger partial charge is 0.393 e. The molecule has 2 heterocycles. The molecule has 1 saturated carbocycles. The molecule has 1 aromatic carbocycles. The van der Waals surface area contributed by atoms with Gasteiger partial charge in [-0.1, -0.05) is 50.0 Å². The summed E-state index contributed by atoms with van der Waals surface area (Å²) in [5.41, 5.74) is 8.34. The van der Waals surface area contributed by atoms with Gasteiger partial charge in [0.25, 0.3) is 0 Å². The molecule has 2 aliphatic rings. The molecule has 4 rings (SSSR count). The summed E-state index contributed by atoms with van der Waals surface area (Å²) in [6.07, 6.45) is 5.11. The van der Waals surface area contributed by atoms with E-state index in [0.29, 0.717) is 44.1 Å². The van der Waals surface area contributed by atoms with E-state index in [2.05, 4.69) is 41.0 Å². The van der Waals surface area contributed by atoms with Crippen LogP contribution in [0.5, 0.6) is 0 Å². The van der Waals surface area contributed by atoms with Gasteiger partial charge in [0.15, 0.2) is 11.6 Å². The number of hydrogen-bond donors (Lipinski definition) is 2. The van der Waals surface area contributed by atoms with Crippen molar-refractivity contribution in [3.05, 3.63) is 34.6 Å². The van der Waals surface area contributed by atoms with Crippen molar-refractivity contribution in [2.24, 2.45) is 10.8 Å². The third-order valence-corrected chi connectivity index (χ3v) is 6.57. The first kappa shape index (κ1) is 18.6. The van der Waals surface area contributed by atoms with Crippen molar-refractivity contribution in [1.82, 2.24) is 9.97 Å². The lowest BCUT2D eigenvalue weighted by molar-refractivity contribution is 0.136. The molecule has 144 valence electrons. The summed E-state index contributed by atoms with van der Waals surface area (Å²) < 4.78 is 0. The number of halogens is 2. The molecule has 2 fully saturated rings. The molecule has 0 radical (unpaired) electrons. The first-order chi connectivity index (χ1) is 12.7. The minimum atomic E-state index is 0.299. The Hall–Kier alpha value is -1.72. The van der Waals surface area contributed by atoms with Crippen LogP contribution in [-0.2, 0) is 0 Å². The highest BCUT2D eigenvalue weighted by molar-refractivity contribution is 6.43. The molecule has 2 bridgehead atoms. The van der Waals surface area contributed by atoms with E-state index >= 15 is 0 Å². The van der Waals surface area contributed by atoms with Crippen molar-refractivity contribution in [3.8, 4) is 0 Å². The lowest BCUT2D eigenvalue weighted by Gasteiger charge is -2.39. The zero-order chi connectivity index (χ0) is 19.4. The van der Waals surface area contributed by atoms with Crippen molar-refractivity contribution in [2.45, 2.75) is 46.1 Å². The summed E-state index contributed by atoms with van der Waals surface area (Å²) in [5, 5.41) is 4.14. The van der Waals surface area contributed by atoms with Crippen LogP contribution in [0.25, 0.3) is 0 Å². The van der Waals surface area contributed by atoms with Crippen LogP contribution < -0.4 is 16.0 Å². The molecule has 27 heavy (non-hydrogen) atoms. The minimum Gasteiger partial charge on any atom is -0.393 e. The Morgan fingerprint density at radius 3 is 2.74 bits per heavy atom. The molecule has 7 heteroatoms. The Labute approximate surface area is 170 Å². The lowest BCUT2D eigenvalue weighted by atomic mass is 9.65. The zero-order valence-electron chi connectivity index (χ0n) is 15.9. The second-order valence-electron chi connectivity index (χ2n) is 9.03. The second kappa shape index (κ2) is 6.42. The number of nitrogen functional groups attached to an aromatic ring is 1. The standard InChI is InChI=1S/C20H25Cl2N5/c1-19(2)7-12-8-20(3,9-19)10-27(12)18-16(23)17(24-11-25-18)26-14-6-4-5-13(21)15(14)22/h4-6,11-12H,7-10,23H2,1-3H3,(H,24,25,26). The van der Waals surface area contributed by atoms with Gasteiger partial charge >= 0.3 is 0 Å². The number of nitrogens with zero attached hydrogens (tertiary/aromatic N) is 3. The number of hydrogen-bond acceptors (Lipinski definition) is 5. The Kier molecular flexibility index (Phi) is 4.43. The molecule has 0 spiro atoms. The van der Waals surface area contributed by atoms with E-state index in [0.717, 1.165) is 18.8 Å². The predicted octanol–water partition coefficient (Wildman–Crippen LogP) is 5.51. The molecule has 2 unspecified atom stereocenters. The van der Waals surface area contributed by atoms with Gasteiger partial charge in [-0.2, -0.15) is 0 Å². The van der Waals surface area contributed by atoms with Crippen molar-refractivity contribution in [3.63, 3.8) is 0 Å². The average molecular weight is 406 g/mol. The summed E-state index contributed by atoms with van der Waals surface area (Å²) in [7, 11) is 0. The third kappa shape index (κ3) is 3.43. The monoisotopic (exact) mass is 405 g/mol. The molecule has 2 aromatic rings. The summed E-state index contributed by atoms with van der Waals surface area (Å²) in [6, 6.07) is 5.89. The van der Waals surface area contributed by atoms with Gasteiger partial charge in [-0.3, -0.25) is 0 Å². The summed E-state index contributed by atoms with van der Waals surface area (Å²) in [6.45, 7) is 8.07. The van der Waals surface area contributed by atoms with E-state index < -0.39 is 0 Å². The molecule has 1 aromatic heterocycles. The molecule has 1 aliphatic heterocycles. The van der Waals surface area contributed by atoms with Crippen LogP contribution in [0.15, 0.2) is 24.5 Å². The van der Waals surface area contributed by atoms with Crippen LogP contribution >= 0.6 is 23.2 Å². The van der Waals surface area contributed by atoms with Crippen LogP contribution in [0, 0.1) is 10.8 Å². The Morgan fingerprint density at radius 1 is 1.19 bits per heavy atom. The molecule has 0 amide bonds. The molecular weight excluding hydrogens is 381 g/mol. The van der Waals surface area contributed by atoms with Gasteiger partial charge in [0.1, 0.15) is 12.0 Å². The Morgan fingerprint density at radius 2 is 1.96 bits per heavy atom. The number of nitrogens with one attached hydrogen (secondary N) is 1. The number of benzene rings is 1. The Balaban J connectivity index is 1.66. The average Bonchev–Trinajstić information content (AvgIpc) is 2.82. The highest BCUT2D eigenvalue weighted by Gasteiger charge is 2.50. The number of fused-ring (bicyclic) bond motifs is 2. The van der Waals surface area contributed by atoms with Crippen molar-refractivity contribution in [2.75, 3.05) is 22.5 Å². The van der Waals surface area contributed by atoms with Crippen LogP contribution in [0.2, 0.25) is 10.0 Å². The van der Waals surface area contributed by atoms with Crippen LogP contribution in [0.3, 0.4) is 0 Å². The minimum absolute atomic E-state index is 0.299. The van der Waals surface area contributed by atoms with Crippen molar-refractivity contribution >= 4 is 46.2 Å². The molecular formula is C20H25Cl2N5. The predicted molar refractivity (Wildman–Crippen MR) is 113 cm³/mol. The normalized spacial score (nSPS) is 26.3. The number of anilines is 4. The number of aromatic nitrogens is 2.